The van der Waals surface area contributed by atoms with Gasteiger partial charge in [0.1, 0.15) is 11.3 Å². The van der Waals surface area contributed by atoms with Crippen molar-refractivity contribution in [3.63, 3.8) is 0 Å². The Kier molecular flexibility index (Phi) is 3.84. The first-order valence-corrected chi connectivity index (χ1v) is 8.50. The number of amides is 1. The second-order valence-corrected chi connectivity index (χ2v) is 6.24. The molecule has 26 heavy (non-hydrogen) atoms. The number of rotatable bonds is 3. The summed E-state index contributed by atoms with van der Waals surface area (Å²) in [4.78, 5) is 25.0. The van der Waals surface area contributed by atoms with Gasteiger partial charge in [0.2, 0.25) is 0 Å². The summed E-state index contributed by atoms with van der Waals surface area (Å²) in [5, 5.41) is 4.09. The maximum atomic E-state index is 12.7. The molecule has 0 radical (unpaired) electrons. The van der Waals surface area contributed by atoms with Gasteiger partial charge in [-0.3, -0.25) is 4.79 Å². The van der Waals surface area contributed by atoms with Gasteiger partial charge in [-0.15, -0.1) is 0 Å². The Morgan fingerprint density at radius 3 is 2.54 bits per heavy atom. The Morgan fingerprint density at radius 1 is 1.08 bits per heavy atom. The maximum absolute atomic E-state index is 12.7. The molecule has 0 fully saturated rings. The van der Waals surface area contributed by atoms with E-state index in [9.17, 15) is 9.59 Å². The van der Waals surface area contributed by atoms with Gasteiger partial charge < -0.3 is 14.3 Å². The molecule has 2 aromatic heterocycles. The largest absolute Gasteiger partial charge is 0.422 e. The molecular formula is C21H18N2O3. The quantitative estimate of drug-likeness (QED) is 0.568. The first-order valence-electron chi connectivity index (χ1n) is 8.50. The van der Waals surface area contributed by atoms with E-state index >= 15 is 0 Å². The molecule has 0 aliphatic heterocycles. The predicted octanol–water partition coefficient (Wildman–Crippen LogP) is 4.10. The lowest BCUT2D eigenvalue weighted by atomic mass is 10.1. The highest BCUT2D eigenvalue weighted by Crippen LogP contribution is 2.25. The number of nitrogens with zero attached hydrogens (tertiary/aromatic N) is 1. The fourth-order valence-corrected chi connectivity index (χ4v) is 3.23. The van der Waals surface area contributed by atoms with E-state index in [1.807, 2.05) is 42.5 Å². The van der Waals surface area contributed by atoms with Gasteiger partial charge in [-0.1, -0.05) is 31.2 Å². The van der Waals surface area contributed by atoms with Crippen molar-refractivity contribution in [1.29, 1.82) is 0 Å². The Morgan fingerprint density at radius 2 is 1.81 bits per heavy atom. The van der Waals surface area contributed by atoms with E-state index in [1.165, 1.54) is 5.56 Å². The summed E-state index contributed by atoms with van der Waals surface area (Å²) in [6.45, 7) is 2.08. The Bertz CT molecular complexity index is 1180. The number of hydrogen-bond donors (Lipinski definition) is 1. The Labute approximate surface area is 149 Å². The van der Waals surface area contributed by atoms with Crippen LogP contribution >= 0.6 is 0 Å². The highest BCUT2D eigenvalue weighted by Gasteiger charge is 2.18. The first kappa shape index (κ1) is 16.1. The summed E-state index contributed by atoms with van der Waals surface area (Å²) >= 11 is 0. The normalized spacial score (nSPS) is 11.2. The maximum Gasteiger partial charge on any atom is 0.345 e. The van der Waals surface area contributed by atoms with E-state index in [0.29, 0.717) is 27.9 Å². The standard InChI is InChI=1S/C21H18N2O3/c1-3-13-8-10-14(11-9-13)22-20(24)17-12-16-19(23(17)2)15-6-4-5-7-18(15)26-21(16)25/h4-12H,3H2,1-2H3,(H,22,24). The SMILES string of the molecule is CCc1ccc(NC(=O)c2cc3c(=O)oc4ccccc4c3n2C)cc1. The van der Waals surface area contributed by atoms with Gasteiger partial charge in [0.05, 0.1) is 10.9 Å². The number of para-hydroxylation sites is 1. The molecular weight excluding hydrogens is 328 g/mol. The molecule has 0 atom stereocenters. The molecule has 0 saturated carbocycles. The van der Waals surface area contributed by atoms with Crippen molar-refractivity contribution in [2.24, 2.45) is 7.05 Å². The van der Waals surface area contributed by atoms with Crippen molar-refractivity contribution in [2.45, 2.75) is 13.3 Å². The number of carbonyl (C=O) groups excluding carboxylic acids is 1. The third kappa shape index (κ3) is 2.58. The number of anilines is 1. The van der Waals surface area contributed by atoms with Crippen LogP contribution in [0.2, 0.25) is 0 Å². The van der Waals surface area contributed by atoms with Gasteiger partial charge >= 0.3 is 5.63 Å². The monoisotopic (exact) mass is 346 g/mol. The zero-order chi connectivity index (χ0) is 18.3. The summed E-state index contributed by atoms with van der Waals surface area (Å²) in [5.74, 6) is -0.267. The molecule has 5 heteroatoms. The van der Waals surface area contributed by atoms with Crippen LogP contribution in [0.25, 0.3) is 21.9 Å². The van der Waals surface area contributed by atoms with E-state index < -0.39 is 5.63 Å². The fraction of sp³-hybridized carbons (Fsp3) is 0.143. The van der Waals surface area contributed by atoms with Crippen molar-refractivity contribution in [3.05, 3.63) is 76.3 Å². The zero-order valence-corrected chi connectivity index (χ0v) is 14.6. The van der Waals surface area contributed by atoms with Crippen molar-refractivity contribution >= 4 is 33.5 Å². The lowest BCUT2D eigenvalue weighted by Crippen LogP contribution is -2.15. The number of nitrogens with one attached hydrogen (secondary N) is 1. The molecule has 1 amide bonds. The van der Waals surface area contributed by atoms with Gasteiger partial charge in [-0.05, 0) is 42.3 Å². The van der Waals surface area contributed by atoms with Crippen molar-refractivity contribution in [3.8, 4) is 0 Å². The average molecular weight is 346 g/mol. The van der Waals surface area contributed by atoms with Crippen LogP contribution < -0.4 is 10.9 Å². The van der Waals surface area contributed by atoms with Crippen LogP contribution in [-0.4, -0.2) is 10.5 Å². The molecule has 0 bridgehead atoms. The molecule has 5 nitrogen and oxygen atoms in total. The third-order valence-electron chi connectivity index (χ3n) is 4.65. The molecule has 4 rings (SSSR count). The second-order valence-electron chi connectivity index (χ2n) is 6.24. The first-order chi connectivity index (χ1) is 12.6. The summed E-state index contributed by atoms with van der Waals surface area (Å²) in [6, 6.07) is 16.6. The van der Waals surface area contributed by atoms with Gasteiger partial charge in [-0.2, -0.15) is 0 Å². The van der Waals surface area contributed by atoms with E-state index in [1.54, 1.807) is 23.7 Å². The molecule has 0 unspecified atom stereocenters. The van der Waals surface area contributed by atoms with Crippen LogP contribution in [0.4, 0.5) is 5.69 Å². The van der Waals surface area contributed by atoms with Gasteiger partial charge in [-0.25, -0.2) is 4.79 Å². The lowest BCUT2D eigenvalue weighted by molar-refractivity contribution is 0.102. The van der Waals surface area contributed by atoms with Crippen molar-refractivity contribution < 1.29 is 9.21 Å². The number of hydrogen-bond acceptors (Lipinski definition) is 3. The van der Waals surface area contributed by atoms with Crippen LogP contribution in [0.3, 0.4) is 0 Å². The van der Waals surface area contributed by atoms with Gasteiger partial charge in [0, 0.05) is 18.1 Å². The minimum Gasteiger partial charge on any atom is -0.422 e. The average Bonchev–Trinajstić information content (AvgIpc) is 3.01. The second kappa shape index (κ2) is 6.19. The number of aryl methyl sites for hydroxylation is 2. The van der Waals surface area contributed by atoms with Crippen molar-refractivity contribution in [2.75, 3.05) is 5.32 Å². The zero-order valence-electron chi connectivity index (χ0n) is 14.6. The highest BCUT2D eigenvalue weighted by molar-refractivity contribution is 6.10. The van der Waals surface area contributed by atoms with Crippen LogP contribution in [-0.2, 0) is 13.5 Å². The van der Waals surface area contributed by atoms with Crippen LogP contribution in [0.5, 0.6) is 0 Å². The molecule has 4 aromatic rings. The smallest absolute Gasteiger partial charge is 0.345 e. The fourth-order valence-electron chi connectivity index (χ4n) is 3.23. The lowest BCUT2D eigenvalue weighted by Gasteiger charge is -2.08. The molecule has 2 heterocycles. The molecule has 2 aromatic carbocycles. The summed E-state index contributed by atoms with van der Waals surface area (Å²) in [5.41, 5.74) is 3.09. The van der Waals surface area contributed by atoms with Gasteiger partial charge in [0.15, 0.2) is 0 Å². The Balaban J connectivity index is 1.80. The minimum atomic E-state index is -0.444. The molecule has 0 aliphatic rings. The summed E-state index contributed by atoms with van der Waals surface area (Å²) < 4.78 is 7.11. The topological polar surface area (TPSA) is 64.2 Å². The minimum absolute atomic E-state index is 0.267. The number of carbonyl (C=O) groups is 1. The molecule has 0 aliphatic carbocycles. The molecule has 0 saturated heterocycles. The van der Waals surface area contributed by atoms with Crippen LogP contribution in [0.15, 0.2) is 63.8 Å². The van der Waals surface area contributed by atoms with Crippen molar-refractivity contribution in [1.82, 2.24) is 4.57 Å². The van der Waals surface area contributed by atoms with Crippen LogP contribution in [0.1, 0.15) is 23.0 Å². The molecule has 130 valence electrons. The molecule has 0 spiro atoms. The third-order valence-corrected chi connectivity index (χ3v) is 4.65. The summed E-state index contributed by atoms with van der Waals surface area (Å²) in [7, 11) is 1.78. The number of benzene rings is 2. The highest BCUT2D eigenvalue weighted by atomic mass is 16.4. The summed E-state index contributed by atoms with van der Waals surface area (Å²) in [6.07, 6.45) is 0.945. The van der Waals surface area contributed by atoms with E-state index in [-0.39, 0.29) is 5.91 Å². The van der Waals surface area contributed by atoms with E-state index in [4.69, 9.17) is 4.42 Å². The number of aromatic nitrogens is 1. The van der Waals surface area contributed by atoms with Crippen LogP contribution in [0, 0.1) is 0 Å². The van der Waals surface area contributed by atoms with E-state index in [0.717, 1.165) is 11.8 Å². The predicted molar refractivity (Wildman–Crippen MR) is 103 cm³/mol. The van der Waals surface area contributed by atoms with E-state index in [2.05, 4.69) is 12.2 Å². The number of fused-ring (bicyclic) bond motifs is 3. The van der Waals surface area contributed by atoms with Gasteiger partial charge in [0.25, 0.3) is 5.91 Å². The Hall–Kier alpha value is -3.34. The molecule has 1 N–H and O–H groups in total.